The van der Waals surface area contributed by atoms with Crippen molar-refractivity contribution >= 4 is 37.6 Å². The quantitative estimate of drug-likeness (QED) is 0.543. The molecule has 2 aromatic heterocycles. The number of para-hydroxylation sites is 1. The molecule has 0 saturated carbocycles. The number of pyridine rings is 1. The van der Waals surface area contributed by atoms with Crippen molar-refractivity contribution in [1.29, 1.82) is 0 Å². The predicted molar refractivity (Wildman–Crippen MR) is 107 cm³/mol. The highest BCUT2D eigenvalue weighted by atomic mass is 32.2. The van der Waals surface area contributed by atoms with Gasteiger partial charge in [-0.05, 0) is 30.3 Å². The lowest BCUT2D eigenvalue weighted by atomic mass is 10.1. The highest BCUT2D eigenvalue weighted by Crippen LogP contribution is 2.32. The van der Waals surface area contributed by atoms with Crippen LogP contribution in [0.1, 0.15) is 11.3 Å². The van der Waals surface area contributed by atoms with Gasteiger partial charge in [-0.25, -0.2) is 12.8 Å². The van der Waals surface area contributed by atoms with E-state index in [0.717, 1.165) is 17.2 Å². The third-order valence-electron chi connectivity index (χ3n) is 4.74. The molecule has 0 aliphatic carbocycles. The summed E-state index contributed by atoms with van der Waals surface area (Å²) in [5.41, 5.74) is 2.05. The summed E-state index contributed by atoms with van der Waals surface area (Å²) in [6, 6.07) is 15.0. The topological polar surface area (TPSA) is 89.3 Å². The van der Waals surface area contributed by atoms with Gasteiger partial charge in [0.05, 0.1) is 11.0 Å². The first-order chi connectivity index (χ1) is 13.7. The summed E-state index contributed by atoms with van der Waals surface area (Å²) in [5.74, 6) is -1.72. The molecule has 29 heavy (non-hydrogen) atoms. The third-order valence-corrected chi connectivity index (χ3v) is 5.91. The molecule has 2 heterocycles. The van der Waals surface area contributed by atoms with Crippen LogP contribution in [-0.4, -0.2) is 35.3 Å². The van der Waals surface area contributed by atoms with Crippen LogP contribution in [-0.2, 0) is 27.6 Å². The molecule has 8 heteroatoms. The number of fused-ring (bicyclic) bond motifs is 2. The number of sulfone groups is 1. The molecule has 0 amide bonds. The van der Waals surface area contributed by atoms with Crippen LogP contribution in [0.15, 0.2) is 59.6 Å². The number of aliphatic carboxylic acids is 1. The molecule has 0 radical (unpaired) electrons. The van der Waals surface area contributed by atoms with E-state index < -0.39 is 28.2 Å². The van der Waals surface area contributed by atoms with E-state index in [9.17, 15) is 22.7 Å². The fourth-order valence-electron chi connectivity index (χ4n) is 3.65. The van der Waals surface area contributed by atoms with Gasteiger partial charge in [0, 0.05) is 34.7 Å². The number of aromatic nitrogens is 2. The van der Waals surface area contributed by atoms with E-state index in [0.29, 0.717) is 22.2 Å². The zero-order valence-corrected chi connectivity index (χ0v) is 16.3. The van der Waals surface area contributed by atoms with Crippen LogP contribution in [0.2, 0.25) is 0 Å². The second kappa shape index (κ2) is 6.97. The van der Waals surface area contributed by atoms with Crippen LogP contribution in [0.4, 0.5) is 4.39 Å². The number of nitrogens with zero attached hydrogens (tertiary/aromatic N) is 2. The molecule has 0 fully saturated rings. The molecule has 148 valence electrons. The van der Waals surface area contributed by atoms with E-state index in [1.807, 2.05) is 30.3 Å². The van der Waals surface area contributed by atoms with Gasteiger partial charge in [0.1, 0.15) is 17.4 Å². The minimum absolute atomic E-state index is 0.125. The summed E-state index contributed by atoms with van der Waals surface area (Å²) in [7, 11) is -3.80. The molecule has 4 aromatic rings. The fraction of sp³-hybridized carbons (Fsp3) is 0.143. The number of carbonyl (C=O) groups is 1. The lowest BCUT2D eigenvalue weighted by Crippen LogP contribution is -2.15. The Balaban J connectivity index is 1.98. The average molecular weight is 412 g/mol. The normalized spacial score (nSPS) is 11.9. The summed E-state index contributed by atoms with van der Waals surface area (Å²) in [6.45, 7) is -0.546. The Labute approximate surface area is 166 Å². The number of benzene rings is 2. The van der Waals surface area contributed by atoms with Gasteiger partial charge in [-0.2, -0.15) is 0 Å². The van der Waals surface area contributed by atoms with Crippen molar-refractivity contribution in [2.24, 2.45) is 0 Å². The van der Waals surface area contributed by atoms with Crippen molar-refractivity contribution in [3.05, 3.63) is 71.7 Å². The molecule has 0 atom stereocenters. The molecule has 6 nitrogen and oxygen atoms in total. The van der Waals surface area contributed by atoms with Gasteiger partial charge >= 0.3 is 5.97 Å². The minimum atomic E-state index is -3.80. The van der Waals surface area contributed by atoms with Crippen molar-refractivity contribution in [3.63, 3.8) is 0 Å². The maximum Gasteiger partial charge on any atom is 0.323 e. The monoisotopic (exact) mass is 412 g/mol. The molecule has 0 aliphatic heterocycles. The van der Waals surface area contributed by atoms with Crippen LogP contribution in [0.5, 0.6) is 0 Å². The Kier molecular flexibility index (Phi) is 4.58. The van der Waals surface area contributed by atoms with Gasteiger partial charge in [-0.3, -0.25) is 9.78 Å². The van der Waals surface area contributed by atoms with Crippen LogP contribution in [0.3, 0.4) is 0 Å². The molecule has 4 rings (SSSR count). The van der Waals surface area contributed by atoms with Crippen LogP contribution < -0.4 is 0 Å². The van der Waals surface area contributed by atoms with Crippen LogP contribution >= 0.6 is 0 Å². The molecule has 0 aliphatic rings. The largest absolute Gasteiger partial charge is 0.480 e. The maximum atomic E-state index is 14.0. The lowest BCUT2D eigenvalue weighted by molar-refractivity contribution is -0.137. The number of hydrogen-bond donors (Lipinski definition) is 1. The molecular weight excluding hydrogens is 395 g/mol. The number of rotatable bonds is 5. The summed E-state index contributed by atoms with van der Waals surface area (Å²) >= 11 is 0. The van der Waals surface area contributed by atoms with Gasteiger partial charge in [0.25, 0.3) is 0 Å². The van der Waals surface area contributed by atoms with E-state index >= 15 is 0 Å². The maximum absolute atomic E-state index is 14.0. The van der Waals surface area contributed by atoms with Crippen molar-refractivity contribution in [1.82, 2.24) is 9.55 Å². The first kappa shape index (κ1) is 19.1. The van der Waals surface area contributed by atoms with Crippen LogP contribution in [0, 0.1) is 5.82 Å². The summed E-state index contributed by atoms with van der Waals surface area (Å²) in [5, 5.41) is 10.5. The van der Waals surface area contributed by atoms with E-state index in [1.54, 1.807) is 6.07 Å². The Bertz CT molecular complexity index is 1380. The highest BCUT2D eigenvalue weighted by Gasteiger charge is 2.26. The van der Waals surface area contributed by atoms with E-state index in [4.69, 9.17) is 0 Å². The van der Waals surface area contributed by atoms with Gasteiger partial charge in [0.15, 0.2) is 9.84 Å². The Morgan fingerprint density at radius 1 is 1.14 bits per heavy atom. The Morgan fingerprint density at radius 2 is 1.90 bits per heavy atom. The van der Waals surface area contributed by atoms with Crippen molar-refractivity contribution in [2.75, 3.05) is 6.26 Å². The zero-order valence-electron chi connectivity index (χ0n) is 15.5. The molecule has 0 unspecified atom stereocenters. The lowest BCUT2D eigenvalue weighted by Gasteiger charge is -2.09. The molecular formula is C21H17FN2O4S. The van der Waals surface area contributed by atoms with Crippen molar-refractivity contribution < 1.29 is 22.7 Å². The number of carboxylic acid groups (broad SMARTS) is 1. The van der Waals surface area contributed by atoms with Gasteiger partial charge < -0.3 is 9.67 Å². The highest BCUT2D eigenvalue weighted by molar-refractivity contribution is 7.90. The molecule has 1 N–H and O–H groups in total. The molecule has 0 saturated heterocycles. The SMILES string of the molecule is CS(=O)(=O)c1c(Cc2ccc3ccccc3n2)c2cc(F)ccc2n1CC(=O)O. The standard InChI is InChI=1S/C21H17FN2O4S/c1-29(27,28)21-17(11-15-8-6-13-4-2-3-5-18(13)23-15)16-10-14(22)7-9-19(16)24(21)12-20(25)26/h2-10H,11-12H2,1H3,(H,25,26). The Morgan fingerprint density at radius 3 is 2.62 bits per heavy atom. The second-order valence-electron chi connectivity index (χ2n) is 6.87. The molecule has 0 spiro atoms. The van der Waals surface area contributed by atoms with Gasteiger partial charge in [0.2, 0.25) is 0 Å². The zero-order chi connectivity index (χ0) is 20.8. The average Bonchev–Trinajstić information content (AvgIpc) is 2.94. The third kappa shape index (κ3) is 3.58. The summed E-state index contributed by atoms with van der Waals surface area (Å²) in [4.78, 5) is 15.9. The van der Waals surface area contributed by atoms with Crippen molar-refractivity contribution in [2.45, 2.75) is 18.0 Å². The summed E-state index contributed by atoms with van der Waals surface area (Å²) in [6.07, 6.45) is 1.15. The Hall–Kier alpha value is -3.26. The van der Waals surface area contributed by atoms with Gasteiger partial charge in [-0.1, -0.05) is 24.3 Å². The number of halogens is 1. The number of hydrogen-bond acceptors (Lipinski definition) is 4. The first-order valence-corrected chi connectivity index (χ1v) is 10.7. The molecule has 0 bridgehead atoms. The predicted octanol–water partition coefficient (Wildman–Crippen LogP) is 3.41. The van der Waals surface area contributed by atoms with E-state index in [2.05, 4.69) is 4.98 Å². The summed E-state index contributed by atoms with van der Waals surface area (Å²) < 4.78 is 40.4. The van der Waals surface area contributed by atoms with Crippen LogP contribution in [0.25, 0.3) is 21.8 Å². The fourth-order valence-corrected chi connectivity index (χ4v) is 4.84. The smallest absolute Gasteiger partial charge is 0.323 e. The van der Waals surface area contributed by atoms with E-state index in [1.165, 1.54) is 22.8 Å². The first-order valence-electron chi connectivity index (χ1n) is 8.81. The van der Waals surface area contributed by atoms with Crippen molar-refractivity contribution in [3.8, 4) is 0 Å². The van der Waals surface area contributed by atoms with Gasteiger partial charge in [-0.15, -0.1) is 0 Å². The second-order valence-corrected chi connectivity index (χ2v) is 8.80. The number of carboxylic acids is 1. The molecule has 2 aromatic carbocycles. The minimum Gasteiger partial charge on any atom is -0.480 e. The van der Waals surface area contributed by atoms with E-state index in [-0.39, 0.29) is 11.4 Å².